The van der Waals surface area contributed by atoms with Crippen LogP contribution in [0.15, 0.2) is 24.3 Å². The Balaban J connectivity index is 1.80. The van der Waals surface area contributed by atoms with E-state index in [0.717, 1.165) is 6.61 Å². The monoisotopic (exact) mass is 248 g/mol. The van der Waals surface area contributed by atoms with Crippen molar-refractivity contribution in [1.82, 2.24) is 4.90 Å². The summed E-state index contributed by atoms with van der Waals surface area (Å²) in [5.74, 6) is 0. The Bertz CT molecular complexity index is 367. The van der Waals surface area contributed by atoms with Crippen LogP contribution in [0, 0.1) is 0 Å². The lowest BCUT2D eigenvalue weighted by atomic mass is 10.0. The fraction of sp³-hybridized carbons (Fsp3) is 0.600. The summed E-state index contributed by atoms with van der Waals surface area (Å²) >= 11 is 0. The third kappa shape index (κ3) is 3.55. The van der Waals surface area contributed by atoms with Gasteiger partial charge < -0.3 is 15.4 Å². The van der Waals surface area contributed by atoms with E-state index in [1.165, 1.54) is 36.9 Å². The minimum atomic E-state index is 0.586. The molecule has 1 unspecified atom stereocenters. The van der Waals surface area contributed by atoms with E-state index in [1.807, 2.05) is 12.1 Å². The number of hydrogen-bond donors (Lipinski definition) is 1. The molecule has 18 heavy (non-hydrogen) atoms. The van der Waals surface area contributed by atoms with Gasteiger partial charge in [-0.05, 0) is 37.6 Å². The zero-order chi connectivity index (χ0) is 12.8. The van der Waals surface area contributed by atoms with E-state index in [2.05, 4.69) is 24.1 Å². The third-order valence-electron chi connectivity index (χ3n) is 3.83. The molecule has 1 aliphatic heterocycles. The van der Waals surface area contributed by atoms with Crippen molar-refractivity contribution in [3.05, 3.63) is 35.4 Å². The molecule has 0 aliphatic carbocycles. The van der Waals surface area contributed by atoms with Gasteiger partial charge in [0.15, 0.2) is 0 Å². The van der Waals surface area contributed by atoms with Crippen LogP contribution in [0.1, 0.15) is 30.4 Å². The van der Waals surface area contributed by atoms with Crippen LogP contribution in [-0.4, -0.2) is 31.1 Å². The van der Waals surface area contributed by atoms with Crippen molar-refractivity contribution in [3.63, 3.8) is 0 Å². The number of nitrogens with two attached hydrogens (primary N) is 1. The predicted molar refractivity (Wildman–Crippen MR) is 74.3 cm³/mol. The molecule has 0 amide bonds. The highest BCUT2D eigenvalue weighted by atomic mass is 16.5. The number of likely N-dealkylation sites (tertiary alicyclic amines) is 1. The second-order valence-corrected chi connectivity index (χ2v) is 5.12. The van der Waals surface area contributed by atoms with Crippen LogP contribution in [0.2, 0.25) is 0 Å². The van der Waals surface area contributed by atoms with Gasteiger partial charge in [-0.25, -0.2) is 0 Å². The molecule has 1 fully saturated rings. The first-order chi connectivity index (χ1) is 8.81. The molecular formula is C15H24N2O. The Kier molecular flexibility index (Phi) is 5.17. The molecule has 2 rings (SSSR count). The number of benzene rings is 1. The molecule has 1 aromatic rings. The molecule has 0 aromatic heterocycles. The molecule has 0 radical (unpaired) electrons. The van der Waals surface area contributed by atoms with E-state index in [1.54, 1.807) is 0 Å². The molecule has 2 N–H and O–H groups in total. The Morgan fingerprint density at radius 3 is 2.78 bits per heavy atom. The molecule has 3 heteroatoms. The van der Waals surface area contributed by atoms with Crippen LogP contribution >= 0.6 is 0 Å². The Morgan fingerprint density at radius 2 is 2.06 bits per heavy atom. The summed E-state index contributed by atoms with van der Waals surface area (Å²) in [6, 6.07) is 8.84. The van der Waals surface area contributed by atoms with E-state index in [0.29, 0.717) is 19.2 Å². The fourth-order valence-corrected chi connectivity index (χ4v) is 2.56. The number of hydrogen-bond acceptors (Lipinski definition) is 3. The summed E-state index contributed by atoms with van der Waals surface area (Å²) in [7, 11) is 2.20. The fourth-order valence-electron chi connectivity index (χ4n) is 2.56. The number of likely N-dealkylation sites (N-methyl/N-ethyl adjacent to an activating group) is 1. The van der Waals surface area contributed by atoms with Gasteiger partial charge in [-0.3, -0.25) is 0 Å². The lowest BCUT2D eigenvalue weighted by Gasteiger charge is -2.32. The van der Waals surface area contributed by atoms with Gasteiger partial charge in [0.05, 0.1) is 13.2 Å². The van der Waals surface area contributed by atoms with Crippen LogP contribution < -0.4 is 5.73 Å². The summed E-state index contributed by atoms with van der Waals surface area (Å²) < 4.78 is 5.87. The lowest BCUT2D eigenvalue weighted by molar-refractivity contribution is 0.0441. The summed E-state index contributed by atoms with van der Waals surface area (Å²) in [5, 5.41) is 0. The Morgan fingerprint density at radius 1 is 1.28 bits per heavy atom. The highest BCUT2D eigenvalue weighted by molar-refractivity contribution is 5.26. The second-order valence-electron chi connectivity index (χ2n) is 5.12. The minimum Gasteiger partial charge on any atom is -0.375 e. The largest absolute Gasteiger partial charge is 0.375 e. The van der Waals surface area contributed by atoms with Crippen molar-refractivity contribution in [2.45, 2.75) is 38.5 Å². The first-order valence-electron chi connectivity index (χ1n) is 6.86. The van der Waals surface area contributed by atoms with E-state index in [9.17, 15) is 0 Å². The molecule has 0 bridgehead atoms. The molecule has 100 valence electrons. The van der Waals surface area contributed by atoms with Crippen LogP contribution in [-0.2, 0) is 17.9 Å². The van der Waals surface area contributed by atoms with E-state index < -0.39 is 0 Å². The van der Waals surface area contributed by atoms with Gasteiger partial charge in [0.25, 0.3) is 0 Å². The average Bonchev–Trinajstić information content (AvgIpc) is 2.41. The van der Waals surface area contributed by atoms with Gasteiger partial charge >= 0.3 is 0 Å². The Hall–Kier alpha value is -0.900. The zero-order valence-corrected chi connectivity index (χ0v) is 11.3. The first kappa shape index (κ1) is 13.5. The molecule has 1 saturated heterocycles. The van der Waals surface area contributed by atoms with E-state index >= 15 is 0 Å². The van der Waals surface area contributed by atoms with Crippen molar-refractivity contribution in [3.8, 4) is 0 Å². The number of piperidine rings is 1. The zero-order valence-electron chi connectivity index (χ0n) is 11.3. The molecule has 1 aliphatic rings. The highest BCUT2D eigenvalue weighted by Crippen LogP contribution is 2.16. The average molecular weight is 248 g/mol. The summed E-state index contributed by atoms with van der Waals surface area (Å²) in [5.41, 5.74) is 8.13. The third-order valence-corrected chi connectivity index (χ3v) is 3.83. The maximum atomic E-state index is 5.87. The number of rotatable bonds is 5. The van der Waals surface area contributed by atoms with E-state index in [-0.39, 0.29) is 0 Å². The standard InChI is InChI=1S/C15H24N2O/c1-17-9-5-4-8-15(17)12-18-11-14-7-3-2-6-13(14)10-16/h2-3,6-7,15H,4-5,8-12,16H2,1H3. The summed E-state index contributed by atoms with van der Waals surface area (Å²) in [4.78, 5) is 2.42. The normalized spacial score (nSPS) is 21.1. The smallest absolute Gasteiger partial charge is 0.0720 e. The molecule has 0 spiro atoms. The van der Waals surface area contributed by atoms with E-state index in [4.69, 9.17) is 10.5 Å². The molecule has 1 atom stereocenters. The lowest BCUT2D eigenvalue weighted by Crippen LogP contribution is -2.39. The van der Waals surface area contributed by atoms with Crippen molar-refractivity contribution in [2.75, 3.05) is 20.2 Å². The van der Waals surface area contributed by atoms with Crippen molar-refractivity contribution < 1.29 is 4.74 Å². The minimum absolute atomic E-state index is 0.586. The van der Waals surface area contributed by atoms with Gasteiger partial charge in [0.1, 0.15) is 0 Å². The Labute approximate surface area is 110 Å². The second kappa shape index (κ2) is 6.88. The highest BCUT2D eigenvalue weighted by Gasteiger charge is 2.18. The molecule has 1 aromatic carbocycles. The topological polar surface area (TPSA) is 38.5 Å². The molecule has 0 saturated carbocycles. The van der Waals surface area contributed by atoms with Crippen molar-refractivity contribution in [1.29, 1.82) is 0 Å². The van der Waals surface area contributed by atoms with Crippen LogP contribution in [0.4, 0.5) is 0 Å². The molecule has 3 nitrogen and oxygen atoms in total. The van der Waals surface area contributed by atoms with Gasteiger partial charge in [0, 0.05) is 12.6 Å². The maximum absolute atomic E-state index is 5.87. The number of nitrogens with zero attached hydrogens (tertiary/aromatic N) is 1. The quantitative estimate of drug-likeness (QED) is 0.867. The van der Waals surface area contributed by atoms with Gasteiger partial charge in [-0.15, -0.1) is 0 Å². The van der Waals surface area contributed by atoms with Crippen LogP contribution in [0.25, 0.3) is 0 Å². The molecule has 1 heterocycles. The van der Waals surface area contributed by atoms with Gasteiger partial charge in [-0.2, -0.15) is 0 Å². The molecular weight excluding hydrogens is 224 g/mol. The first-order valence-corrected chi connectivity index (χ1v) is 6.86. The predicted octanol–water partition coefficient (Wildman–Crippen LogP) is 2.15. The summed E-state index contributed by atoms with van der Waals surface area (Å²) in [6.07, 6.45) is 3.91. The van der Waals surface area contributed by atoms with Gasteiger partial charge in [-0.1, -0.05) is 30.7 Å². The maximum Gasteiger partial charge on any atom is 0.0720 e. The van der Waals surface area contributed by atoms with Crippen molar-refractivity contribution >= 4 is 0 Å². The van der Waals surface area contributed by atoms with Crippen LogP contribution in [0.3, 0.4) is 0 Å². The SMILES string of the molecule is CN1CCCCC1COCc1ccccc1CN. The van der Waals surface area contributed by atoms with Crippen molar-refractivity contribution in [2.24, 2.45) is 5.73 Å². The van der Waals surface area contributed by atoms with Gasteiger partial charge in [0.2, 0.25) is 0 Å². The number of ether oxygens (including phenoxy) is 1. The van der Waals surface area contributed by atoms with Crippen LogP contribution in [0.5, 0.6) is 0 Å². The summed E-state index contributed by atoms with van der Waals surface area (Å²) in [6.45, 7) is 3.30.